The number of nitrogens with zero attached hydrogens (tertiary/aromatic N) is 1. The lowest BCUT2D eigenvalue weighted by Gasteiger charge is -2.11. The summed E-state index contributed by atoms with van der Waals surface area (Å²) in [7, 11) is 0. The van der Waals surface area contributed by atoms with Crippen molar-refractivity contribution in [3.05, 3.63) is 48.8 Å². The Bertz CT molecular complexity index is 429. The van der Waals surface area contributed by atoms with Crippen LogP contribution in [0.3, 0.4) is 0 Å². The van der Waals surface area contributed by atoms with Gasteiger partial charge in [-0.05, 0) is 12.8 Å². The summed E-state index contributed by atoms with van der Waals surface area (Å²) in [5.74, 6) is 0. The summed E-state index contributed by atoms with van der Waals surface area (Å²) in [5, 5.41) is 1.43. The standard InChI is InChI=1S/C13H15ClN2OS/c1-2-3-6-10(9-17-16-14)13-15-11-7-4-5-8-12(11)18-13/h2,4-5,7-9,11-12,16H,1,3,6H2/b10-9-. The number of halogens is 1. The van der Waals surface area contributed by atoms with Crippen LogP contribution in [0.15, 0.2) is 53.8 Å². The van der Waals surface area contributed by atoms with Crippen molar-refractivity contribution in [2.24, 2.45) is 4.99 Å². The van der Waals surface area contributed by atoms with E-state index in [1.165, 1.54) is 0 Å². The van der Waals surface area contributed by atoms with Gasteiger partial charge in [-0.2, -0.15) is 0 Å². The Labute approximate surface area is 116 Å². The summed E-state index contributed by atoms with van der Waals surface area (Å²) < 4.78 is 0. The van der Waals surface area contributed by atoms with Crippen LogP contribution in [-0.2, 0) is 4.84 Å². The number of aliphatic imine (C=N–C) groups is 1. The Morgan fingerprint density at radius 3 is 3.11 bits per heavy atom. The lowest BCUT2D eigenvalue weighted by atomic mass is 10.1. The number of allylic oxidation sites excluding steroid dienone is 3. The topological polar surface area (TPSA) is 33.6 Å². The highest BCUT2D eigenvalue weighted by atomic mass is 35.5. The zero-order valence-corrected chi connectivity index (χ0v) is 11.5. The van der Waals surface area contributed by atoms with E-state index in [0.29, 0.717) is 5.25 Å². The largest absolute Gasteiger partial charge is 0.401 e. The van der Waals surface area contributed by atoms with Gasteiger partial charge in [-0.1, -0.05) is 47.1 Å². The first kappa shape index (κ1) is 13.5. The summed E-state index contributed by atoms with van der Waals surface area (Å²) in [6, 6.07) is 0.242. The van der Waals surface area contributed by atoms with Gasteiger partial charge in [-0.15, -0.1) is 6.58 Å². The normalized spacial score (nSPS) is 25.8. The average molecular weight is 283 g/mol. The van der Waals surface area contributed by atoms with Gasteiger partial charge >= 0.3 is 0 Å². The van der Waals surface area contributed by atoms with Crippen LogP contribution >= 0.6 is 23.5 Å². The summed E-state index contributed by atoms with van der Waals surface area (Å²) in [6.45, 7) is 3.73. The molecule has 0 aromatic rings. The van der Waals surface area contributed by atoms with E-state index in [4.69, 9.17) is 21.6 Å². The van der Waals surface area contributed by atoms with E-state index in [2.05, 4.69) is 29.8 Å². The van der Waals surface area contributed by atoms with E-state index in [1.54, 1.807) is 18.0 Å². The molecule has 0 saturated heterocycles. The van der Waals surface area contributed by atoms with Crippen LogP contribution in [-0.4, -0.2) is 16.3 Å². The highest BCUT2D eigenvalue weighted by Gasteiger charge is 2.29. The maximum Gasteiger partial charge on any atom is 0.118 e. The Kier molecular flexibility index (Phi) is 5.11. The number of thioether (sulfide) groups is 1. The van der Waals surface area contributed by atoms with Crippen molar-refractivity contribution >= 4 is 28.6 Å². The molecule has 96 valence electrons. The molecule has 0 bridgehead atoms. The second-order valence-electron chi connectivity index (χ2n) is 3.94. The van der Waals surface area contributed by atoms with Gasteiger partial charge in [0, 0.05) is 17.3 Å². The van der Waals surface area contributed by atoms with Crippen molar-refractivity contribution in [3.63, 3.8) is 0 Å². The first-order chi connectivity index (χ1) is 8.85. The van der Waals surface area contributed by atoms with Crippen LogP contribution in [0, 0.1) is 0 Å². The van der Waals surface area contributed by atoms with Crippen molar-refractivity contribution in [1.29, 1.82) is 0 Å². The second-order valence-corrected chi connectivity index (χ2v) is 5.26. The van der Waals surface area contributed by atoms with Gasteiger partial charge in [0.05, 0.1) is 16.3 Å². The van der Waals surface area contributed by atoms with Crippen LogP contribution < -0.4 is 5.00 Å². The third kappa shape index (κ3) is 3.28. The predicted molar refractivity (Wildman–Crippen MR) is 78.5 cm³/mol. The number of rotatable bonds is 6. The molecule has 1 aliphatic carbocycles. The molecule has 0 aromatic heterocycles. The summed E-state index contributed by atoms with van der Waals surface area (Å²) in [6.07, 6.45) is 13.6. The molecule has 0 saturated carbocycles. The first-order valence-corrected chi connectivity index (χ1v) is 7.02. The van der Waals surface area contributed by atoms with Crippen LogP contribution in [0.4, 0.5) is 0 Å². The smallest absolute Gasteiger partial charge is 0.118 e. The molecule has 1 N–H and O–H groups in total. The molecule has 0 radical (unpaired) electrons. The average Bonchev–Trinajstić information content (AvgIpc) is 2.82. The number of fused-ring (bicyclic) bond motifs is 1. The van der Waals surface area contributed by atoms with Gasteiger partial charge in [0.1, 0.15) is 6.26 Å². The Morgan fingerprint density at radius 2 is 2.39 bits per heavy atom. The van der Waals surface area contributed by atoms with Gasteiger partial charge in [0.25, 0.3) is 0 Å². The molecule has 0 spiro atoms. The lowest BCUT2D eigenvalue weighted by molar-refractivity contribution is 0.205. The molecule has 0 amide bonds. The molecule has 2 aliphatic rings. The van der Waals surface area contributed by atoms with Crippen molar-refractivity contribution in [1.82, 2.24) is 5.00 Å². The van der Waals surface area contributed by atoms with Crippen LogP contribution in [0.25, 0.3) is 0 Å². The van der Waals surface area contributed by atoms with E-state index in [-0.39, 0.29) is 6.04 Å². The van der Waals surface area contributed by atoms with Gasteiger partial charge in [-0.3, -0.25) is 4.99 Å². The monoisotopic (exact) mass is 282 g/mol. The number of hydrogen-bond acceptors (Lipinski definition) is 4. The molecule has 0 fully saturated rings. The van der Waals surface area contributed by atoms with Gasteiger partial charge in [-0.25, -0.2) is 0 Å². The minimum Gasteiger partial charge on any atom is -0.401 e. The van der Waals surface area contributed by atoms with Crippen molar-refractivity contribution < 1.29 is 4.84 Å². The molecule has 5 heteroatoms. The minimum absolute atomic E-state index is 0.242. The van der Waals surface area contributed by atoms with Crippen LogP contribution in [0.1, 0.15) is 12.8 Å². The quantitative estimate of drug-likeness (QED) is 0.350. The molecular weight excluding hydrogens is 268 g/mol. The Morgan fingerprint density at radius 1 is 1.56 bits per heavy atom. The van der Waals surface area contributed by atoms with Crippen molar-refractivity contribution in [3.8, 4) is 0 Å². The minimum atomic E-state index is 0.242. The first-order valence-electron chi connectivity index (χ1n) is 5.76. The van der Waals surface area contributed by atoms with E-state index >= 15 is 0 Å². The molecule has 2 atom stereocenters. The van der Waals surface area contributed by atoms with Crippen LogP contribution in [0.5, 0.6) is 0 Å². The fourth-order valence-electron chi connectivity index (χ4n) is 1.82. The molecule has 1 heterocycles. The maximum atomic E-state index is 5.30. The van der Waals surface area contributed by atoms with Crippen molar-refractivity contribution in [2.75, 3.05) is 0 Å². The van der Waals surface area contributed by atoms with Gasteiger partial charge in [0.15, 0.2) is 0 Å². The van der Waals surface area contributed by atoms with E-state index < -0.39 is 0 Å². The van der Waals surface area contributed by atoms with Crippen molar-refractivity contribution in [2.45, 2.75) is 24.1 Å². The summed E-state index contributed by atoms with van der Waals surface area (Å²) in [4.78, 5) is 11.8. The fraction of sp³-hybridized carbons (Fsp3) is 0.308. The summed E-state index contributed by atoms with van der Waals surface area (Å²) >= 11 is 7.06. The molecular formula is C13H15ClN2OS. The molecule has 2 unspecified atom stereocenters. The molecule has 18 heavy (non-hydrogen) atoms. The Balaban J connectivity index is 2.09. The lowest BCUT2D eigenvalue weighted by Crippen LogP contribution is -2.13. The zero-order chi connectivity index (χ0) is 12.8. The van der Waals surface area contributed by atoms with Gasteiger partial charge < -0.3 is 4.84 Å². The Hall–Kier alpha value is -0.970. The molecule has 0 aromatic carbocycles. The third-order valence-corrected chi connectivity index (χ3v) is 4.10. The van der Waals surface area contributed by atoms with E-state index in [9.17, 15) is 0 Å². The highest BCUT2D eigenvalue weighted by molar-refractivity contribution is 8.15. The zero-order valence-electron chi connectivity index (χ0n) is 9.88. The molecule has 3 nitrogen and oxygen atoms in total. The molecule has 2 rings (SSSR count). The maximum absolute atomic E-state index is 5.30. The SMILES string of the molecule is C=CCC/C(=C/ONCl)C1=NC2C=CC=CC2S1. The van der Waals surface area contributed by atoms with Crippen LogP contribution in [0.2, 0.25) is 0 Å². The molecule has 1 aliphatic heterocycles. The second kappa shape index (κ2) is 6.83. The van der Waals surface area contributed by atoms with E-state index in [0.717, 1.165) is 23.5 Å². The van der Waals surface area contributed by atoms with E-state index in [1.807, 2.05) is 12.2 Å². The highest BCUT2D eigenvalue weighted by Crippen LogP contribution is 2.34. The fourth-order valence-corrected chi connectivity index (χ4v) is 3.07. The van der Waals surface area contributed by atoms with Gasteiger partial charge in [0.2, 0.25) is 0 Å². The number of hydrogen-bond donors (Lipinski definition) is 1. The summed E-state index contributed by atoms with van der Waals surface area (Å²) in [5.41, 5.74) is 1.05. The number of nitrogens with one attached hydrogen (secondary N) is 1. The predicted octanol–water partition coefficient (Wildman–Crippen LogP) is 3.52. The third-order valence-electron chi connectivity index (χ3n) is 2.71.